The molecular formula is C22H20ClNO3. The van der Waals surface area contributed by atoms with Crippen LogP contribution in [0.25, 0.3) is 6.08 Å². The van der Waals surface area contributed by atoms with Gasteiger partial charge in [0.1, 0.15) is 0 Å². The zero-order valence-electron chi connectivity index (χ0n) is 15.5. The summed E-state index contributed by atoms with van der Waals surface area (Å²) in [5, 5.41) is 0.505. The third-order valence-electron chi connectivity index (χ3n) is 4.60. The van der Waals surface area contributed by atoms with Crippen LogP contribution in [-0.2, 0) is 20.7 Å². The molecule has 2 aromatic rings. The highest BCUT2D eigenvalue weighted by Gasteiger charge is 2.37. The van der Waals surface area contributed by atoms with E-state index in [2.05, 4.69) is 6.92 Å². The predicted molar refractivity (Wildman–Crippen MR) is 107 cm³/mol. The fraction of sp³-hybridized carbons (Fsp3) is 0.182. The Morgan fingerprint density at radius 1 is 1.15 bits per heavy atom. The van der Waals surface area contributed by atoms with E-state index in [-0.39, 0.29) is 17.1 Å². The predicted octanol–water partition coefficient (Wildman–Crippen LogP) is 4.78. The fourth-order valence-electron chi connectivity index (χ4n) is 3.12. The van der Waals surface area contributed by atoms with E-state index in [1.807, 2.05) is 36.4 Å². The summed E-state index contributed by atoms with van der Waals surface area (Å²) in [6.45, 7) is 3.81. The molecule has 1 heterocycles. The van der Waals surface area contributed by atoms with E-state index in [9.17, 15) is 9.59 Å². The van der Waals surface area contributed by atoms with Gasteiger partial charge in [-0.25, -0.2) is 4.79 Å². The Balaban J connectivity index is 2.13. The van der Waals surface area contributed by atoms with Gasteiger partial charge in [-0.3, -0.25) is 9.69 Å². The highest BCUT2D eigenvalue weighted by atomic mass is 35.5. The van der Waals surface area contributed by atoms with Crippen molar-refractivity contribution >= 4 is 35.2 Å². The van der Waals surface area contributed by atoms with E-state index in [0.29, 0.717) is 22.0 Å². The van der Waals surface area contributed by atoms with Crippen LogP contribution in [0.1, 0.15) is 25.0 Å². The largest absolute Gasteiger partial charge is 0.465 e. The number of nitrogens with zero attached hydrogens (tertiary/aromatic N) is 1. The van der Waals surface area contributed by atoms with Gasteiger partial charge in [-0.2, -0.15) is 0 Å². The first-order valence-corrected chi connectivity index (χ1v) is 9.05. The molecule has 4 nitrogen and oxygen atoms in total. The maximum atomic E-state index is 13.2. The van der Waals surface area contributed by atoms with Crippen molar-refractivity contribution in [2.75, 3.05) is 12.0 Å². The Morgan fingerprint density at radius 3 is 2.41 bits per heavy atom. The molecule has 0 fully saturated rings. The molecule has 0 spiro atoms. The Hall–Kier alpha value is -2.85. The van der Waals surface area contributed by atoms with E-state index in [4.69, 9.17) is 16.3 Å². The third kappa shape index (κ3) is 3.53. The van der Waals surface area contributed by atoms with Gasteiger partial charge in [-0.15, -0.1) is 0 Å². The lowest BCUT2D eigenvalue weighted by Gasteiger charge is -2.18. The van der Waals surface area contributed by atoms with Crippen molar-refractivity contribution < 1.29 is 14.3 Å². The average molecular weight is 382 g/mol. The summed E-state index contributed by atoms with van der Waals surface area (Å²) in [6.07, 6.45) is 2.55. The monoisotopic (exact) mass is 381 g/mol. The summed E-state index contributed by atoms with van der Waals surface area (Å²) < 4.78 is 4.92. The number of esters is 1. The van der Waals surface area contributed by atoms with E-state index in [1.54, 1.807) is 25.1 Å². The van der Waals surface area contributed by atoms with E-state index in [1.165, 1.54) is 17.6 Å². The topological polar surface area (TPSA) is 46.6 Å². The van der Waals surface area contributed by atoms with Crippen LogP contribution in [0.15, 0.2) is 65.4 Å². The number of aryl methyl sites for hydroxylation is 1. The minimum atomic E-state index is -0.549. The second-order valence-corrected chi connectivity index (χ2v) is 6.60. The first-order valence-electron chi connectivity index (χ1n) is 8.67. The summed E-state index contributed by atoms with van der Waals surface area (Å²) in [5.41, 5.74) is 3.61. The lowest BCUT2D eigenvalue weighted by atomic mass is 10.0. The average Bonchev–Trinajstić information content (AvgIpc) is 2.93. The molecule has 5 heteroatoms. The Morgan fingerprint density at radius 2 is 1.81 bits per heavy atom. The van der Waals surface area contributed by atoms with Crippen LogP contribution < -0.4 is 4.90 Å². The van der Waals surface area contributed by atoms with Gasteiger partial charge in [0.2, 0.25) is 0 Å². The van der Waals surface area contributed by atoms with Gasteiger partial charge in [0.25, 0.3) is 5.91 Å². The van der Waals surface area contributed by atoms with Gasteiger partial charge < -0.3 is 4.74 Å². The van der Waals surface area contributed by atoms with Gasteiger partial charge in [-0.1, -0.05) is 48.9 Å². The highest BCUT2D eigenvalue weighted by molar-refractivity contribution is 6.32. The minimum absolute atomic E-state index is 0.252. The number of amides is 1. The van der Waals surface area contributed by atoms with Crippen LogP contribution in [0.2, 0.25) is 5.02 Å². The molecule has 1 aliphatic heterocycles. The summed E-state index contributed by atoms with van der Waals surface area (Å²) in [5.74, 6) is -0.830. The molecule has 0 unspecified atom stereocenters. The van der Waals surface area contributed by atoms with Crippen LogP contribution in [-0.4, -0.2) is 19.0 Å². The Kier molecular flexibility index (Phi) is 5.47. The van der Waals surface area contributed by atoms with Gasteiger partial charge in [0.15, 0.2) is 0 Å². The molecule has 0 saturated carbocycles. The normalized spacial score (nSPS) is 15.6. The van der Waals surface area contributed by atoms with E-state index in [0.717, 1.165) is 6.42 Å². The molecular weight excluding hydrogens is 362 g/mol. The Labute approximate surface area is 163 Å². The van der Waals surface area contributed by atoms with Crippen LogP contribution in [0.3, 0.4) is 0 Å². The first-order chi connectivity index (χ1) is 13.0. The number of carbonyl (C=O) groups excluding carboxylic acids is 2. The van der Waals surface area contributed by atoms with Crippen LogP contribution >= 0.6 is 11.6 Å². The van der Waals surface area contributed by atoms with Crippen molar-refractivity contribution in [3.63, 3.8) is 0 Å². The molecule has 0 aromatic heterocycles. The Bertz CT molecular complexity index is 958. The number of anilines is 1. The molecule has 0 N–H and O–H groups in total. The number of methoxy groups -OCH3 is 1. The van der Waals surface area contributed by atoms with Crippen LogP contribution in [0.4, 0.5) is 5.69 Å². The summed E-state index contributed by atoms with van der Waals surface area (Å²) in [6, 6.07) is 14.9. The lowest BCUT2D eigenvalue weighted by molar-refractivity contribution is -0.136. The van der Waals surface area contributed by atoms with Crippen LogP contribution in [0.5, 0.6) is 0 Å². The first kappa shape index (κ1) is 18.9. The smallest absolute Gasteiger partial charge is 0.340 e. The molecule has 0 atom stereocenters. The quantitative estimate of drug-likeness (QED) is 0.565. The molecule has 27 heavy (non-hydrogen) atoms. The van der Waals surface area contributed by atoms with Gasteiger partial charge >= 0.3 is 5.97 Å². The molecule has 2 aromatic carbocycles. The molecule has 3 rings (SSSR count). The minimum Gasteiger partial charge on any atom is -0.465 e. The number of allylic oxidation sites excluding steroid dienone is 1. The number of hydrogen-bond acceptors (Lipinski definition) is 3. The molecule has 1 amide bonds. The zero-order chi connectivity index (χ0) is 19.6. The van der Waals surface area contributed by atoms with Crippen molar-refractivity contribution in [3.8, 4) is 0 Å². The standard InChI is InChI=1S/C22H20ClNO3/c1-4-15-9-11-17(12-10-15)24-14(2)20(22(26)27-3)18(21(24)25)13-16-7-5-6-8-19(16)23/h5-13H,4H2,1-3H3/b18-13-. The summed E-state index contributed by atoms with van der Waals surface area (Å²) in [7, 11) is 1.30. The zero-order valence-corrected chi connectivity index (χ0v) is 16.2. The number of rotatable bonds is 4. The molecule has 138 valence electrons. The van der Waals surface area contributed by atoms with Crippen LogP contribution in [0, 0.1) is 0 Å². The number of hydrogen-bond donors (Lipinski definition) is 0. The van der Waals surface area contributed by atoms with Crippen molar-refractivity contribution in [2.24, 2.45) is 0 Å². The fourth-order valence-corrected chi connectivity index (χ4v) is 3.31. The molecule has 0 bridgehead atoms. The molecule has 1 aliphatic rings. The number of benzene rings is 2. The summed E-state index contributed by atoms with van der Waals surface area (Å²) >= 11 is 6.23. The van der Waals surface area contributed by atoms with E-state index < -0.39 is 5.97 Å². The van der Waals surface area contributed by atoms with Gasteiger partial charge in [0.05, 0.1) is 18.3 Å². The SMILES string of the molecule is CCc1ccc(N2C(=O)/C(=C\c3ccccc3Cl)C(C(=O)OC)=C2C)cc1. The third-order valence-corrected chi connectivity index (χ3v) is 4.94. The molecule has 0 saturated heterocycles. The van der Waals surface area contributed by atoms with Gasteiger partial charge in [-0.05, 0) is 48.7 Å². The van der Waals surface area contributed by atoms with Crippen molar-refractivity contribution in [3.05, 3.63) is 81.5 Å². The number of carbonyl (C=O) groups is 2. The number of halogens is 1. The van der Waals surface area contributed by atoms with Gasteiger partial charge in [0, 0.05) is 16.4 Å². The number of ether oxygens (including phenoxy) is 1. The maximum absolute atomic E-state index is 13.2. The second kappa shape index (κ2) is 7.80. The van der Waals surface area contributed by atoms with E-state index >= 15 is 0 Å². The lowest BCUT2D eigenvalue weighted by Crippen LogP contribution is -2.24. The molecule has 0 aliphatic carbocycles. The van der Waals surface area contributed by atoms with Crippen molar-refractivity contribution in [1.29, 1.82) is 0 Å². The van der Waals surface area contributed by atoms with Crippen molar-refractivity contribution in [1.82, 2.24) is 0 Å². The molecule has 0 radical (unpaired) electrons. The summed E-state index contributed by atoms with van der Waals surface area (Å²) in [4.78, 5) is 27.1. The maximum Gasteiger partial charge on any atom is 0.340 e. The highest BCUT2D eigenvalue weighted by Crippen LogP contribution is 2.36. The van der Waals surface area contributed by atoms with Crippen molar-refractivity contribution in [2.45, 2.75) is 20.3 Å². The second-order valence-electron chi connectivity index (χ2n) is 6.19.